The molecule has 1 saturated carbocycles. The van der Waals surface area contributed by atoms with Gasteiger partial charge < -0.3 is 15.7 Å². The number of amides is 2. The second-order valence-corrected chi connectivity index (χ2v) is 7.85. The molecule has 7 nitrogen and oxygen atoms in total. The number of aromatic nitrogens is 2. The minimum atomic E-state index is -0.614. The normalized spacial score (nSPS) is 22.7. The third-order valence-corrected chi connectivity index (χ3v) is 5.99. The molecular weight excluding hydrogens is 368 g/mol. The Hall–Kier alpha value is -2.67. The first-order chi connectivity index (χ1) is 13.9. The Labute approximate surface area is 171 Å². The summed E-state index contributed by atoms with van der Waals surface area (Å²) in [6.07, 6.45) is 3.56. The third kappa shape index (κ3) is 4.67. The fourth-order valence-corrected chi connectivity index (χ4v) is 3.88. The van der Waals surface area contributed by atoms with Crippen LogP contribution in [-0.4, -0.2) is 45.4 Å². The molecule has 2 amide bonds. The number of aliphatic hydroxyl groups is 1. The summed E-state index contributed by atoms with van der Waals surface area (Å²) < 4.78 is 1.61. The Bertz CT molecular complexity index is 854. The second-order valence-electron chi connectivity index (χ2n) is 7.85. The fraction of sp³-hybridized carbons (Fsp3) is 0.500. The lowest BCUT2D eigenvalue weighted by Crippen LogP contribution is -2.43. The largest absolute Gasteiger partial charge is 0.390 e. The van der Waals surface area contributed by atoms with E-state index >= 15 is 0 Å². The first-order valence-electron chi connectivity index (χ1n) is 10.3. The van der Waals surface area contributed by atoms with Gasteiger partial charge in [0.25, 0.3) is 11.8 Å². The van der Waals surface area contributed by atoms with E-state index in [9.17, 15) is 14.7 Å². The van der Waals surface area contributed by atoms with Gasteiger partial charge in [0.15, 0.2) is 5.69 Å². The molecule has 1 aromatic carbocycles. The Morgan fingerprint density at radius 3 is 2.48 bits per heavy atom. The highest BCUT2D eigenvalue weighted by atomic mass is 16.3. The maximum absolute atomic E-state index is 13.1. The van der Waals surface area contributed by atoms with Gasteiger partial charge in [0.2, 0.25) is 0 Å². The molecule has 1 atom stereocenters. The van der Waals surface area contributed by atoms with Crippen molar-refractivity contribution in [2.75, 3.05) is 7.05 Å². The van der Waals surface area contributed by atoms with Gasteiger partial charge in [-0.15, -0.1) is 0 Å². The predicted molar refractivity (Wildman–Crippen MR) is 111 cm³/mol. The maximum Gasteiger partial charge on any atom is 0.271 e. The zero-order chi connectivity index (χ0) is 21.0. The van der Waals surface area contributed by atoms with Crippen LogP contribution < -0.4 is 10.6 Å². The van der Waals surface area contributed by atoms with Crippen LogP contribution in [0.5, 0.6) is 0 Å². The van der Waals surface area contributed by atoms with Gasteiger partial charge in [0, 0.05) is 19.2 Å². The summed E-state index contributed by atoms with van der Waals surface area (Å²) in [7, 11) is 1.54. The maximum atomic E-state index is 13.1. The molecule has 0 aliphatic heterocycles. The van der Waals surface area contributed by atoms with Gasteiger partial charge in [-0.3, -0.25) is 14.3 Å². The minimum absolute atomic E-state index is 0.00755. The Balaban J connectivity index is 1.82. The van der Waals surface area contributed by atoms with Gasteiger partial charge in [-0.05, 0) is 44.6 Å². The van der Waals surface area contributed by atoms with Gasteiger partial charge in [-0.2, -0.15) is 5.10 Å². The average Bonchev–Trinajstić information content (AvgIpc) is 3.20. The summed E-state index contributed by atoms with van der Waals surface area (Å²) in [5.41, 5.74) is 0.955. The summed E-state index contributed by atoms with van der Waals surface area (Å²) in [6, 6.07) is 11.1. The summed E-state index contributed by atoms with van der Waals surface area (Å²) in [5.74, 6) is -0.578. The zero-order valence-corrected chi connectivity index (χ0v) is 17.3. The third-order valence-electron chi connectivity index (χ3n) is 5.99. The Kier molecular flexibility index (Phi) is 6.37. The molecule has 1 aromatic heterocycles. The Morgan fingerprint density at radius 2 is 1.90 bits per heavy atom. The molecule has 1 fully saturated rings. The van der Waals surface area contributed by atoms with Crippen molar-refractivity contribution in [1.29, 1.82) is 0 Å². The molecule has 3 N–H and O–H groups in total. The van der Waals surface area contributed by atoms with E-state index in [1.807, 2.05) is 44.2 Å². The van der Waals surface area contributed by atoms with Gasteiger partial charge in [-0.1, -0.05) is 37.3 Å². The highest BCUT2D eigenvalue weighted by Gasteiger charge is 2.33. The molecule has 3 rings (SSSR count). The summed E-state index contributed by atoms with van der Waals surface area (Å²) >= 11 is 0. The molecule has 2 aromatic rings. The van der Waals surface area contributed by atoms with Crippen molar-refractivity contribution in [3.63, 3.8) is 0 Å². The number of nitrogens with one attached hydrogen (secondary N) is 2. The van der Waals surface area contributed by atoms with Crippen molar-refractivity contribution >= 4 is 11.8 Å². The van der Waals surface area contributed by atoms with E-state index in [2.05, 4.69) is 15.7 Å². The van der Waals surface area contributed by atoms with Crippen molar-refractivity contribution < 1.29 is 14.7 Å². The number of benzene rings is 1. The van der Waals surface area contributed by atoms with E-state index in [-0.39, 0.29) is 29.6 Å². The molecule has 7 heteroatoms. The van der Waals surface area contributed by atoms with Gasteiger partial charge in [0.05, 0.1) is 11.6 Å². The van der Waals surface area contributed by atoms with Crippen molar-refractivity contribution in [1.82, 2.24) is 20.4 Å². The average molecular weight is 399 g/mol. The summed E-state index contributed by atoms with van der Waals surface area (Å²) in [4.78, 5) is 25.2. The number of carbonyl (C=O) groups is 2. The zero-order valence-electron chi connectivity index (χ0n) is 17.3. The van der Waals surface area contributed by atoms with Crippen LogP contribution in [-0.2, 0) is 0 Å². The lowest BCUT2D eigenvalue weighted by atomic mass is 9.80. The lowest BCUT2D eigenvalue weighted by Gasteiger charge is -2.35. The quantitative estimate of drug-likeness (QED) is 0.697. The van der Waals surface area contributed by atoms with E-state index in [1.54, 1.807) is 17.8 Å². The van der Waals surface area contributed by atoms with Crippen LogP contribution in [0.25, 0.3) is 0 Å². The molecular formula is C22H30N4O3. The number of carbonyl (C=O) groups excluding carboxylic acids is 2. The van der Waals surface area contributed by atoms with Crippen molar-refractivity contribution in [3.8, 4) is 0 Å². The molecule has 1 heterocycles. The van der Waals surface area contributed by atoms with Gasteiger partial charge in [0.1, 0.15) is 5.69 Å². The minimum Gasteiger partial charge on any atom is -0.390 e. The molecule has 1 aliphatic rings. The van der Waals surface area contributed by atoms with Gasteiger partial charge >= 0.3 is 0 Å². The smallest absolute Gasteiger partial charge is 0.271 e. The van der Waals surface area contributed by atoms with Crippen LogP contribution in [0.3, 0.4) is 0 Å². The molecule has 1 aliphatic carbocycles. The number of hydrogen-bond donors (Lipinski definition) is 3. The van der Waals surface area contributed by atoms with E-state index in [0.717, 1.165) is 24.8 Å². The first kappa shape index (κ1) is 21.0. The van der Waals surface area contributed by atoms with E-state index in [4.69, 9.17) is 0 Å². The second kappa shape index (κ2) is 8.78. The van der Waals surface area contributed by atoms with Crippen LogP contribution in [0.2, 0.25) is 0 Å². The molecule has 0 bridgehead atoms. The Morgan fingerprint density at radius 1 is 1.24 bits per heavy atom. The molecule has 29 heavy (non-hydrogen) atoms. The highest BCUT2D eigenvalue weighted by molar-refractivity contribution is 5.98. The topological polar surface area (TPSA) is 96.2 Å². The van der Waals surface area contributed by atoms with Gasteiger partial charge in [-0.25, -0.2) is 0 Å². The van der Waals surface area contributed by atoms with Crippen molar-refractivity contribution in [3.05, 3.63) is 53.3 Å². The molecule has 0 saturated heterocycles. The summed E-state index contributed by atoms with van der Waals surface area (Å²) in [6.45, 7) is 3.94. The molecule has 0 unspecified atom stereocenters. The van der Waals surface area contributed by atoms with E-state index in [1.165, 1.54) is 0 Å². The van der Waals surface area contributed by atoms with Crippen LogP contribution in [0, 0.1) is 0 Å². The molecule has 0 spiro atoms. The van der Waals surface area contributed by atoms with E-state index < -0.39 is 5.60 Å². The summed E-state index contributed by atoms with van der Waals surface area (Å²) in [5, 5.41) is 20.5. The number of rotatable bonds is 6. The number of hydrogen-bond acceptors (Lipinski definition) is 4. The van der Waals surface area contributed by atoms with Crippen LogP contribution in [0.15, 0.2) is 36.4 Å². The standard InChI is InChI=1S/C22H30N4O3/c1-4-22(29)12-10-17(11-13-22)24-21(28)19-14-18(20(27)23-3)25-26(19)15(2)16-8-6-5-7-9-16/h5-9,14-15,17,29H,4,10-13H2,1-3H3,(H,23,27)(H,24,28)/t15-,17?,22?/m0/s1. The number of nitrogens with zero attached hydrogens (tertiary/aromatic N) is 2. The van der Waals surface area contributed by atoms with Crippen LogP contribution in [0.1, 0.15) is 78.5 Å². The van der Waals surface area contributed by atoms with Crippen LogP contribution in [0.4, 0.5) is 0 Å². The van der Waals surface area contributed by atoms with Crippen molar-refractivity contribution in [2.45, 2.75) is 63.6 Å². The lowest BCUT2D eigenvalue weighted by molar-refractivity contribution is -0.00656. The molecule has 0 radical (unpaired) electrons. The van der Waals surface area contributed by atoms with E-state index in [0.29, 0.717) is 18.5 Å². The first-order valence-corrected chi connectivity index (χ1v) is 10.3. The van der Waals surface area contributed by atoms with Crippen LogP contribution >= 0.6 is 0 Å². The molecule has 156 valence electrons. The van der Waals surface area contributed by atoms with Crippen molar-refractivity contribution in [2.24, 2.45) is 0 Å². The predicted octanol–water partition coefficient (Wildman–Crippen LogP) is 2.67. The highest BCUT2D eigenvalue weighted by Crippen LogP contribution is 2.31. The fourth-order valence-electron chi connectivity index (χ4n) is 3.88. The monoisotopic (exact) mass is 398 g/mol. The SMILES string of the molecule is CCC1(O)CCC(NC(=O)c2cc(C(=O)NC)nn2[C@@H](C)c2ccccc2)CC1.